The molecule has 0 radical (unpaired) electrons. The van der Waals surface area contributed by atoms with Gasteiger partial charge < -0.3 is 15.4 Å². The SMILES string of the molecule is C.O=C(CN1CCOCC1)Nc1ccccc1-c1nc(Nc2ccc3c(c2)C=NC3)c2ccccc2n1. The number of fused-ring (bicyclic) bond motifs is 2. The molecule has 6 rings (SSSR count). The van der Waals surface area contributed by atoms with Crippen LogP contribution in [0, 0.1) is 0 Å². The number of aliphatic imine (C=N–C) groups is 1. The lowest BCUT2D eigenvalue weighted by molar-refractivity contribution is -0.118. The molecule has 1 aromatic heterocycles. The molecule has 8 nitrogen and oxygen atoms in total. The Labute approximate surface area is 216 Å². The average Bonchev–Trinajstić information content (AvgIpc) is 3.37. The molecule has 188 valence electrons. The number of hydrogen-bond acceptors (Lipinski definition) is 7. The Morgan fingerprint density at radius 1 is 0.973 bits per heavy atom. The van der Waals surface area contributed by atoms with Crippen LogP contribution in [0.15, 0.2) is 71.7 Å². The summed E-state index contributed by atoms with van der Waals surface area (Å²) in [5, 5.41) is 7.47. The number of carbonyl (C=O) groups excluding carboxylic acids is 1. The number of nitrogens with zero attached hydrogens (tertiary/aromatic N) is 4. The quantitative estimate of drug-likeness (QED) is 0.397. The summed E-state index contributed by atoms with van der Waals surface area (Å²) in [4.78, 5) is 29.0. The van der Waals surface area contributed by atoms with Gasteiger partial charge in [0.1, 0.15) is 5.82 Å². The lowest BCUT2D eigenvalue weighted by Crippen LogP contribution is -2.41. The zero-order valence-corrected chi connectivity index (χ0v) is 19.8. The van der Waals surface area contributed by atoms with Gasteiger partial charge in [-0.2, -0.15) is 0 Å². The molecule has 2 N–H and O–H groups in total. The van der Waals surface area contributed by atoms with Gasteiger partial charge in [-0.05, 0) is 47.5 Å². The Hall–Kier alpha value is -4.14. The summed E-state index contributed by atoms with van der Waals surface area (Å²) in [6, 6.07) is 21.8. The van der Waals surface area contributed by atoms with Gasteiger partial charge in [0.2, 0.25) is 5.91 Å². The second-order valence-electron chi connectivity index (χ2n) is 8.90. The largest absolute Gasteiger partial charge is 0.379 e. The van der Waals surface area contributed by atoms with Gasteiger partial charge in [-0.1, -0.05) is 37.8 Å². The molecule has 1 amide bonds. The number of para-hydroxylation sites is 2. The molecule has 0 unspecified atom stereocenters. The van der Waals surface area contributed by atoms with E-state index in [4.69, 9.17) is 14.7 Å². The zero-order valence-electron chi connectivity index (χ0n) is 19.8. The van der Waals surface area contributed by atoms with Crippen LogP contribution in [0.3, 0.4) is 0 Å². The number of amides is 1. The van der Waals surface area contributed by atoms with Crippen molar-refractivity contribution >= 4 is 40.2 Å². The summed E-state index contributed by atoms with van der Waals surface area (Å²) < 4.78 is 5.38. The standard InChI is InChI=1S/C28H26N6O2.CH4/c35-26(18-34-11-13-36-14-12-34)31-24-7-3-1-5-22(24)28-32-25-8-4-2-6-23(25)27(33-28)30-21-10-9-19-16-29-17-20(19)15-21;/h1-10,15,17H,11-14,16,18H2,(H,31,35)(H,30,32,33);1H4. The van der Waals surface area contributed by atoms with Crippen molar-refractivity contribution in [2.24, 2.45) is 4.99 Å². The Bertz CT molecular complexity index is 1460. The van der Waals surface area contributed by atoms with Crippen LogP contribution in [0.5, 0.6) is 0 Å². The lowest BCUT2D eigenvalue weighted by atomic mass is 10.1. The van der Waals surface area contributed by atoms with Crippen LogP contribution in [0.1, 0.15) is 18.6 Å². The maximum absolute atomic E-state index is 12.8. The van der Waals surface area contributed by atoms with E-state index in [1.54, 1.807) is 0 Å². The van der Waals surface area contributed by atoms with Crippen molar-refractivity contribution in [2.45, 2.75) is 14.0 Å². The van der Waals surface area contributed by atoms with Crippen LogP contribution in [-0.4, -0.2) is 59.8 Å². The first kappa shape index (κ1) is 24.5. The van der Waals surface area contributed by atoms with E-state index in [1.807, 2.05) is 60.8 Å². The van der Waals surface area contributed by atoms with Crippen molar-refractivity contribution in [3.8, 4) is 11.4 Å². The van der Waals surface area contributed by atoms with Crippen molar-refractivity contribution < 1.29 is 9.53 Å². The molecule has 1 fully saturated rings. The highest BCUT2D eigenvalue weighted by molar-refractivity contribution is 5.98. The number of benzene rings is 3. The Morgan fingerprint density at radius 3 is 2.68 bits per heavy atom. The van der Waals surface area contributed by atoms with Crippen LogP contribution in [0.4, 0.5) is 17.2 Å². The maximum Gasteiger partial charge on any atom is 0.238 e. The summed E-state index contributed by atoms with van der Waals surface area (Å²) in [5.41, 5.74) is 5.54. The van der Waals surface area contributed by atoms with Gasteiger partial charge in [0.05, 0.1) is 37.5 Å². The van der Waals surface area contributed by atoms with E-state index in [0.29, 0.717) is 37.1 Å². The topological polar surface area (TPSA) is 91.7 Å². The van der Waals surface area contributed by atoms with Crippen LogP contribution in [-0.2, 0) is 16.1 Å². The van der Waals surface area contributed by atoms with E-state index < -0.39 is 0 Å². The van der Waals surface area contributed by atoms with E-state index in [1.165, 1.54) is 5.56 Å². The van der Waals surface area contributed by atoms with Gasteiger partial charge in [0, 0.05) is 35.9 Å². The highest BCUT2D eigenvalue weighted by Crippen LogP contribution is 2.31. The Balaban J connectivity index is 0.00000280. The summed E-state index contributed by atoms with van der Waals surface area (Å²) >= 11 is 0. The number of nitrogens with one attached hydrogen (secondary N) is 2. The van der Waals surface area contributed by atoms with E-state index in [9.17, 15) is 4.79 Å². The number of ether oxygens (including phenoxy) is 1. The van der Waals surface area contributed by atoms with Crippen LogP contribution in [0.2, 0.25) is 0 Å². The van der Waals surface area contributed by atoms with Gasteiger partial charge in [-0.3, -0.25) is 14.7 Å². The molecule has 0 bridgehead atoms. The third kappa shape index (κ3) is 5.35. The minimum atomic E-state index is -0.0664. The summed E-state index contributed by atoms with van der Waals surface area (Å²) in [6.45, 7) is 3.87. The minimum absolute atomic E-state index is 0. The predicted molar refractivity (Wildman–Crippen MR) is 149 cm³/mol. The Morgan fingerprint density at radius 2 is 1.78 bits per heavy atom. The second-order valence-corrected chi connectivity index (χ2v) is 8.90. The first-order chi connectivity index (χ1) is 17.7. The van der Waals surface area contributed by atoms with Gasteiger partial charge >= 0.3 is 0 Å². The number of morpholine rings is 1. The van der Waals surface area contributed by atoms with E-state index in [-0.39, 0.29) is 13.3 Å². The first-order valence-electron chi connectivity index (χ1n) is 12.1. The third-order valence-corrected chi connectivity index (χ3v) is 6.42. The zero-order chi connectivity index (χ0) is 24.3. The van der Waals surface area contributed by atoms with Crippen LogP contribution in [0.25, 0.3) is 22.3 Å². The van der Waals surface area contributed by atoms with E-state index >= 15 is 0 Å². The van der Waals surface area contributed by atoms with Crippen molar-refractivity contribution in [1.29, 1.82) is 0 Å². The first-order valence-corrected chi connectivity index (χ1v) is 12.1. The van der Waals surface area contributed by atoms with E-state index in [2.05, 4.69) is 32.7 Å². The molecule has 1 saturated heterocycles. The lowest BCUT2D eigenvalue weighted by Gasteiger charge is -2.26. The average molecular weight is 495 g/mol. The fourth-order valence-electron chi connectivity index (χ4n) is 4.55. The summed E-state index contributed by atoms with van der Waals surface area (Å²) in [6.07, 6.45) is 1.90. The van der Waals surface area contributed by atoms with Crippen molar-refractivity contribution in [3.63, 3.8) is 0 Å². The van der Waals surface area contributed by atoms with Crippen LogP contribution >= 0.6 is 0 Å². The number of hydrogen-bond donors (Lipinski definition) is 2. The van der Waals surface area contributed by atoms with Gasteiger partial charge in [-0.15, -0.1) is 0 Å². The summed E-state index contributed by atoms with van der Waals surface area (Å²) in [7, 11) is 0. The third-order valence-electron chi connectivity index (χ3n) is 6.42. The molecule has 2 aliphatic rings. The minimum Gasteiger partial charge on any atom is -0.379 e. The molecule has 2 aliphatic heterocycles. The molecule has 4 aromatic rings. The van der Waals surface area contributed by atoms with Crippen molar-refractivity contribution in [3.05, 3.63) is 77.9 Å². The molecule has 37 heavy (non-hydrogen) atoms. The molecule has 0 atom stereocenters. The highest BCUT2D eigenvalue weighted by atomic mass is 16.5. The molecule has 3 heterocycles. The van der Waals surface area contributed by atoms with Crippen LogP contribution < -0.4 is 10.6 Å². The number of anilines is 3. The Kier molecular flexibility index (Phi) is 7.20. The molecule has 3 aromatic carbocycles. The molecule has 0 spiro atoms. The summed E-state index contributed by atoms with van der Waals surface area (Å²) in [5.74, 6) is 1.18. The highest BCUT2D eigenvalue weighted by Gasteiger charge is 2.17. The van der Waals surface area contributed by atoms with Crippen molar-refractivity contribution in [1.82, 2.24) is 14.9 Å². The van der Waals surface area contributed by atoms with Gasteiger partial charge in [-0.25, -0.2) is 9.97 Å². The smallest absolute Gasteiger partial charge is 0.238 e. The number of rotatable bonds is 6. The molecular formula is C29H30N6O2. The molecule has 8 heteroatoms. The molecule has 0 aliphatic carbocycles. The second kappa shape index (κ2) is 10.9. The molecule has 0 saturated carbocycles. The fraction of sp³-hybridized carbons (Fsp3) is 0.241. The predicted octanol–water partition coefficient (Wildman–Crippen LogP) is 4.88. The maximum atomic E-state index is 12.8. The normalized spacial score (nSPS) is 14.7. The van der Waals surface area contributed by atoms with Gasteiger partial charge in [0.25, 0.3) is 0 Å². The molecular weight excluding hydrogens is 464 g/mol. The van der Waals surface area contributed by atoms with E-state index in [0.717, 1.165) is 47.4 Å². The number of aromatic nitrogens is 2. The van der Waals surface area contributed by atoms with Crippen molar-refractivity contribution in [2.75, 3.05) is 43.5 Å². The number of carbonyl (C=O) groups is 1. The monoisotopic (exact) mass is 494 g/mol. The fourth-order valence-corrected chi connectivity index (χ4v) is 4.55. The van der Waals surface area contributed by atoms with Gasteiger partial charge in [0.15, 0.2) is 5.82 Å².